The van der Waals surface area contributed by atoms with Gasteiger partial charge in [0.25, 0.3) is 0 Å². The van der Waals surface area contributed by atoms with Gasteiger partial charge >= 0.3 is 0 Å². The molecule has 1 amide bonds. The lowest BCUT2D eigenvalue weighted by Crippen LogP contribution is -2.35. The third kappa shape index (κ3) is 4.64. The Morgan fingerprint density at radius 2 is 2.15 bits per heavy atom. The summed E-state index contributed by atoms with van der Waals surface area (Å²) >= 11 is 1.82. The molecule has 0 radical (unpaired) electrons. The maximum absolute atomic E-state index is 12.5. The number of fused-ring (bicyclic) bond motifs is 1. The number of aromatic amines is 1. The Bertz CT molecular complexity index is 874. The van der Waals surface area contributed by atoms with E-state index in [1.807, 2.05) is 46.7 Å². The molecule has 0 saturated heterocycles. The van der Waals surface area contributed by atoms with E-state index >= 15 is 0 Å². The van der Waals surface area contributed by atoms with Gasteiger partial charge in [-0.2, -0.15) is 0 Å². The summed E-state index contributed by atoms with van der Waals surface area (Å²) in [5, 5.41) is 0. The summed E-state index contributed by atoms with van der Waals surface area (Å²) in [6.07, 6.45) is 7.73. The van der Waals surface area contributed by atoms with Crippen molar-refractivity contribution in [2.45, 2.75) is 39.0 Å². The molecule has 0 aromatic carbocycles. The molecule has 0 aliphatic carbocycles. The fourth-order valence-electron chi connectivity index (χ4n) is 3.35. The number of amides is 1. The molecule has 0 fully saturated rings. The van der Waals surface area contributed by atoms with Crippen LogP contribution < -0.4 is 0 Å². The van der Waals surface area contributed by atoms with Crippen LogP contribution in [0.5, 0.6) is 0 Å². The zero-order valence-corrected chi connectivity index (χ0v) is 16.0. The first-order chi connectivity index (χ1) is 13.3. The molecule has 5 nitrogen and oxygen atoms in total. The lowest BCUT2D eigenvalue weighted by Gasteiger charge is -2.27. The number of carbonyl (C=O) groups excluding carboxylic acids is 1. The molecule has 4 rings (SSSR count). The van der Waals surface area contributed by atoms with Gasteiger partial charge < -0.3 is 14.6 Å². The highest BCUT2D eigenvalue weighted by molar-refractivity contribution is 7.12. The molecular weight excluding hydrogens is 358 g/mol. The Hall–Kier alpha value is -2.44. The Morgan fingerprint density at radius 3 is 2.96 bits per heavy atom. The molecule has 0 atom stereocenters. The van der Waals surface area contributed by atoms with Crippen molar-refractivity contribution >= 4 is 17.2 Å². The number of carbonyl (C=O) groups is 1. The van der Waals surface area contributed by atoms with Crippen molar-refractivity contribution in [3.05, 3.63) is 75.5 Å². The summed E-state index contributed by atoms with van der Waals surface area (Å²) < 4.78 is 5.84. The molecule has 0 unspecified atom stereocenters. The van der Waals surface area contributed by atoms with Crippen LogP contribution in [0.15, 0.2) is 48.9 Å². The van der Waals surface area contributed by atoms with Crippen molar-refractivity contribution in [1.29, 1.82) is 0 Å². The highest BCUT2D eigenvalue weighted by Crippen LogP contribution is 2.29. The van der Waals surface area contributed by atoms with Crippen molar-refractivity contribution in [2.24, 2.45) is 0 Å². The van der Waals surface area contributed by atoms with E-state index in [9.17, 15) is 4.79 Å². The van der Waals surface area contributed by atoms with Crippen LogP contribution in [0.1, 0.15) is 33.0 Å². The smallest absolute Gasteiger partial charge is 0.223 e. The number of nitrogens with one attached hydrogen (secondary N) is 1. The zero-order chi connectivity index (χ0) is 18.5. The lowest BCUT2D eigenvalue weighted by atomic mass is 10.1. The summed E-state index contributed by atoms with van der Waals surface area (Å²) in [6.45, 7) is 2.74. The number of thiophene rings is 1. The number of aromatic nitrogens is 2. The van der Waals surface area contributed by atoms with Gasteiger partial charge in [-0.15, -0.1) is 11.3 Å². The van der Waals surface area contributed by atoms with Gasteiger partial charge in [0.2, 0.25) is 5.91 Å². The van der Waals surface area contributed by atoms with Gasteiger partial charge in [0, 0.05) is 53.5 Å². The summed E-state index contributed by atoms with van der Waals surface area (Å²) in [5.41, 5.74) is 3.53. The van der Waals surface area contributed by atoms with Gasteiger partial charge in [-0.05, 0) is 54.3 Å². The van der Waals surface area contributed by atoms with Crippen LogP contribution in [-0.2, 0) is 42.1 Å². The van der Waals surface area contributed by atoms with Gasteiger partial charge in [0.1, 0.15) is 0 Å². The van der Waals surface area contributed by atoms with E-state index in [0.29, 0.717) is 19.6 Å². The number of rotatable bonds is 7. The fraction of sp³-hybridized carbons (Fsp3) is 0.333. The van der Waals surface area contributed by atoms with Crippen LogP contribution >= 0.6 is 11.3 Å². The number of hydrogen-bond acceptors (Lipinski definition) is 4. The van der Waals surface area contributed by atoms with E-state index in [0.717, 1.165) is 37.2 Å². The van der Waals surface area contributed by atoms with E-state index < -0.39 is 0 Å². The molecule has 4 heterocycles. The van der Waals surface area contributed by atoms with Crippen LogP contribution in [-0.4, -0.2) is 27.3 Å². The third-order valence-electron chi connectivity index (χ3n) is 4.80. The van der Waals surface area contributed by atoms with Crippen LogP contribution in [0.3, 0.4) is 0 Å². The van der Waals surface area contributed by atoms with Gasteiger partial charge in [-0.3, -0.25) is 9.78 Å². The van der Waals surface area contributed by atoms with Crippen molar-refractivity contribution in [3.63, 3.8) is 0 Å². The van der Waals surface area contributed by atoms with Gasteiger partial charge in [0.15, 0.2) is 0 Å². The monoisotopic (exact) mass is 381 g/mol. The lowest BCUT2D eigenvalue weighted by molar-refractivity contribution is -0.132. The number of nitrogens with zero attached hydrogens (tertiary/aromatic N) is 2. The topological polar surface area (TPSA) is 58.2 Å². The molecule has 27 heavy (non-hydrogen) atoms. The summed E-state index contributed by atoms with van der Waals surface area (Å²) in [7, 11) is 0. The first kappa shape index (κ1) is 17.9. The predicted molar refractivity (Wildman–Crippen MR) is 105 cm³/mol. The van der Waals surface area contributed by atoms with E-state index in [1.165, 1.54) is 15.3 Å². The van der Waals surface area contributed by atoms with E-state index in [-0.39, 0.29) is 5.91 Å². The molecule has 1 N–H and O–H groups in total. The Balaban J connectivity index is 1.28. The van der Waals surface area contributed by atoms with Crippen molar-refractivity contribution in [3.8, 4) is 0 Å². The van der Waals surface area contributed by atoms with Gasteiger partial charge in [-0.25, -0.2) is 0 Å². The van der Waals surface area contributed by atoms with Crippen LogP contribution in [0, 0.1) is 0 Å². The van der Waals surface area contributed by atoms with Gasteiger partial charge in [0.05, 0.1) is 13.2 Å². The molecule has 1 aliphatic rings. The molecule has 0 bridgehead atoms. The molecule has 1 aliphatic heterocycles. The maximum atomic E-state index is 12.5. The zero-order valence-electron chi connectivity index (χ0n) is 15.2. The van der Waals surface area contributed by atoms with Crippen LogP contribution in [0.2, 0.25) is 0 Å². The SMILES string of the molecule is O=C(CCc1ccc[nH]1)N1CCc2sc(COCc3ccncc3)cc2C1. The molecule has 0 saturated carbocycles. The molecule has 6 heteroatoms. The van der Waals surface area contributed by atoms with Crippen molar-refractivity contribution in [1.82, 2.24) is 14.9 Å². The first-order valence-corrected chi connectivity index (χ1v) is 10.1. The summed E-state index contributed by atoms with van der Waals surface area (Å²) in [6, 6.07) is 10.1. The number of H-pyrrole nitrogens is 1. The predicted octanol–water partition coefficient (Wildman–Crippen LogP) is 3.71. The molecule has 140 valence electrons. The highest BCUT2D eigenvalue weighted by atomic mass is 32.1. The minimum Gasteiger partial charge on any atom is -0.371 e. The minimum atomic E-state index is 0.233. The summed E-state index contributed by atoms with van der Waals surface area (Å²) in [4.78, 5) is 24.3. The maximum Gasteiger partial charge on any atom is 0.223 e. The first-order valence-electron chi connectivity index (χ1n) is 9.25. The second kappa shape index (κ2) is 8.50. The second-order valence-electron chi connectivity index (χ2n) is 6.77. The van der Waals surface area contributed by atoms with Crippen LogP contribution in [0.25, 0.3) is 0 Å². The largest absolute Gasteiger partial charge is 0.371 e. The Labute approximate surface area is 163 Å². The average Bonchev–Trinajstić information content (AvgIpc) is 3.35. The molecule has 3 aromatic heterocycles. The highest BCUT2D eigenvalue weighted by Gasteiger charge is 2.22. The summed E-state index contributed by atoms with van der Waals surface area (Å²) in [5.74, 6) is 0.233. The minimum absolute atomic E-state index is 0.233. The molecule has 0 spiro atoms. The number of pyridine rings is 1. The van der Waals surface area contributed by atoms with Crippen molar-refractivity contribution < 1.29 is 9.53 Å². The fourth-order valence-corrected chi connectivity index (χ4v) is 4.46. The van der Waals surface area contributed by atoms with E-state index in [1.54, 1.807) is 12.4 Å². The molecular formula is C21H23N3O2S. The Kier molecular flexibility index (Phi) is 5.65. The van der Waals surface area contributed by atoms with Crippen LogP contribution in [0.4, 0.5) is 0 Å². The standard InChI is InChI=1S/C21H23N3O2S/c25-21(4-3-18-2-1-8-23-18)24-11-7-20-17(13-24)12-19(27-20)15-26-14-16-5-9-22-10-6-16/h1-2,5-6,8-10,12,23H,3-4,7,11,13-15H2. The van der Waals surface area contributed by atoms with E-state index in [4.69, 9.17) is 4.74 Å². The number of ether oxygens (including phenoxy) is 1. The normalized spacial score (nSPS) is 13.6. The average molecular weight is 382 g/mol. The van der Waals surface area contributed by atoms with Gasteiger partial charge in [-0.1, -0.05) is 0 Å². The quantitative estimate of drug-likeness (QED) is 0.679. The Morgan fingerprint density at radius 1 is 1.26 bits per heavy atom. The third-order valence-corrected chi connectivity index (χ3v) is 6.01. The van der Waals surface area contributed by atoms with Crippen molar-refractivity contribution in [2.75, 3.05) is 6.54 Å². The molecule has 3 aromatic rings. The van der Waals surface area contributed by atoms with E-state index in [2.05, 4.69) is 16.0 Å². The second-order valence-corrected chi connectivity index (χ2v) is 7.99. The number of aryl methyl sites for hydroxylation is 1. The number of hydrogen-bond donors (Lipinski definition) is 1.